The molecule has 0 saturated heterocycles. The Bertz CT molecular complexity index is 1220. The molecule has 1 amide bonds. The molecule has 0 radical (unpaired) electrons. The van der Waals surface area contributed by atoms with Crippen LogP contribution in [-0.2, 0) is 7.05 Å². The van der Waals surface area contributed by atoms with Crippen LogP contribution in [-0.4, -0.2) is 32.9 Å². The maximum absolute atomic E-state index is 13.2. The Morgan fingerprint density at radius 3 is 2.66 bits per heavy atom. The van der Waals surface area contributed by atoms with E-state index in [1.54, 1.807) is 31.7 Å². The maximum atomic E-state index is 13.2. The van der Waals surface area contributed by atoms with Crippen molar-refractivity contribution >= 4 is 22.6 Å². The monoisotopic (exact) mass is 391 g/mol. The summed E-state index contributed by atoms with van der Waals surface area (Å²) >= 11 is 0. The number of hydrogen-bond acceptors (Lipinski definition) is 6. The lowest BCUT2D eigenvalue weighted by Gasteiger charge is -2.10. The zero-order valence-electron chi connectivity index (χ0n) is 16.9. The predicted molar refractivity (Wildman–Crippen MR) is 109 cm³/mol. The van der Waals surface area contributed by atoms with Gasteiger partial charge in [0, 0.05) is 12.6 Å². The van der Waals surface area contributed by atoms with Gasteiger partial charge in [-0.25, -0.2) is 4.98 Å². The summed E-state index contributed by atoms with van der Waals surface area (Å²) in [5, 5.41) is 12.0. The molecule has 1 aromatic carbocycles. The second-order valence-corrected chi connectivity index (χ2v) is 6.85. The molecule has 29 heavy (non-hydrogen) atoms. The van der Waals surface area contributed by atoms with E-state index in [1.165, 1.54) is 0 Å². The summed E-state index contributed by atoms with van der Waals surface area (Å²) in [6.07, 6.45) is 0. The van der Waals surface area contributed by atoms with Crippen molar-refractivity contribution in [3.05, 3.63) is 53.0 Å². The number of carbonyl (C=O) groups excluding carboxylic acids is 1. The number of pyridine rings is 1. The van der Waals surface area contributed by atoms with Gasteiger partial charge in [0.1, 0.15) is 17.1 Å². The van der Waals surface area contributed by atoms with Gasteiger partial charge in [-0.1, -0.05) is 17.3 Å². The molecule has 3 aromatic heterocycles. The summed E-state index contributed by atoms with van der Waals surface area (Å²) in [5.41, 5.74) is 4.54. The molecule has 1 N–H and O–H groups in total. The third-order valence-electron chi connectivity index (χ3n) is 4.85. The van der Waals surface area contributed by atoms with Gasteiger partial charge >= 0.3 is 0 Å². The highest BCUT2D eigenvalue weighted by molar-refractivity contribution is 6.13. The van der Waals surface area contributed by atoms with E-state index in [9.17, 15) is 4.79 Å². The number of nitrogens with one attached hydrogen (secondary N) is 1. The number of aryl methyl sites for hydroxylation is 4. The molecule has 0 atom stereocenters. The minimum Gasteiger partial charge on any atom is -0.497 e. The van der Waals surface area contributed by atoms with E-state index in [-0.39, 0.29) is 5.91 Å². The van der Waals surface area contributed by atoms with Crippen LogP contribution in [0.2, 0.25) is 0 Å². The molecule has 0 bridgehead atoms. The zero-order valence-corrected chi connectivity index (χ0v) is 16.9. The smallest absolute Gasteiger partial charge is 0.256 e. The van der Waals surface area contributed by atoms with E-state index in [0.717, 1.165) is 11.3 Å². The minimum absolute atomic E-state index is 0.271. The summed E-state index contributed by atoms with van der Waals surface area (Å²) in [5.74, 6) is 0.997. The fraction of sp³-hybridized carbons (Fsp3) is 0.238. The van der Waals surface area contributed by atoms with Crippen molar-refractivity contribution in [1.29, 1.82) is 0 Å². The van der Waals surface area contributed by atoms with Gasteiger partial charge in [0.25, 0.3) is 5.91 Å². The average Bonchev–Trinajstić information content (AvgIpc) is 3.19. The fourth-order valence-corrected chi connectivity index (χ4v) is 3.40. The quantitative estimate of drug-likeness (QED) is 0.568. The Balaban J connectivity index is 1.88. The number of fused-ring (bicyclic) bond motifs is 1. The number of methoxy groups -OCH3 is 1. The van der Waals surface area contributed by atoms with Crippen LogP contribution in [0.1, 0.15) is 27.5 Å². The van der Waals surface area contributed by atoms with Crippen molar-refractivity contribution < 1.29 is 14.1 Å². The molecule has 4 aromatic rings. The van der Waals surface area contributed by atoms with Gasteiger partial charge in [-0.15, -0.1) is 0 Å². The van der Waals surface area contributed by atoms with Crippen LogP contribution in [0.25, 0.3) is 22.3 Å². The third-order valence-corrected chi connectivity index (χ3v) is 4.85. The minimum atomic E-state index is -0.271. The van der Waals surface area contributed by atoms with Crippen LogP contribution in [0.15, 0.2) is 34.9 Å². The van der Waals surface area contributed by atoms with Crippen molar-refractivity contribution in [3.8, 4) is 17.0 Å². The first kappa shape index (κ1) is 18.7. The molecule has 148 valence electrons. The summed E-state index contributed by atoms with van der Waals surface area (Å²) in [6.45, 7) is 5.40. The first-order chi connectivity index (χ1) is 13.9. The van der Waals surface area contributed by atoms with Gasteiger partial charge in [0.05, 0.1) is 29.4 Å². The Kier molecular flexibility index (Phi) is 4.54. The van der Waals surface area contributed by atoms with Crippen molar-refractivity contribution in [2.45, 2.75) is 20.8 Å². The van der Waals surface area contributed by atoms with Crippen LogP contribution < -0.4 is 10.1 Å². The molecule has 0 fully saturated rings. The summed E-state index contributed by atoms with van der Waals surface area (Å²) in [4.78, 5) is 18.0. The molecule has 3 heterocycles. The van der Waals surface area contributed by atoms with Crippen molar-refractivity contribution in [2.24, 2.45) is 7.05 Å². The van der Waals surface area contributed by atoms with E-state index in [4.69, 9.17) is 14.2 Å². The van der Waals surface area contributed by atoms with E-state index < -0.39 is 0 Å². The highest BCUT2D eigenvalue weighted by Gasteiger charge is 2.21. The summed E-state index contributed by atoms with van der Waals surface area (Å²) < 4.78 is 12.2. The Hall–Kier alpha value is -3.68. The Morgan fingerprint density at radius 1 is 1.17 bits per heavy atom. The normalized spacial score (nSPS) is 11.1. The molecule has 8 nitrogen and oxygen atoms in total. The lowest BCUT2D eigenvalue weighted by molar-refractivity contribution is 0.102. The number of nitrogens with zero attached hydrogens (tertiary/aromatic N) is 4. The van der Waals surface area contributed by atoms with Gasteiger partial charge < -0.3 is 14.6 Å². The molecule has 0 aliphatic carbocycles. The summed E-state index contributed by atoms with van der Waals surface area (Å²) in [7, 11) is 3.43. The molecule has 0 spiro atoms. The predicted octanol–water partition coefficient (Wildman–Crippen LogP) is 3.81. The number of carbonyl (C=O) groups is 1. The largest absolute Gasteiger partial charge is 0.497 e. The average molecular weight is 391 g/mol. The second-order valence-electron chi connectivity index (χ2n) is 6.85. The van der Waals surface area contributed by atoms with Crippen LogP contribution in [0.5, 0.6) is 5.75 Å². The van der Waals surface area contributed by atoms with Crippen molar-refractivity contribution in [2.75, 3.05) is 12.4 Å². The van der Waals surface area contributed by atoms with Crippen molar-refractivity contribution in [1.82, 2.24) is 19.9 Å². The van der Waals surface area contributed by atoms with Gasteiger partial charge in [0.2, 0.25) is 0 Å². The molecule has 0 aliphatic rings. The number of hydrogen-bond donors (Lipinski definition) is 1. The maximum Gasteiger partial charge on any atom is 0.256 e. The molecule has 0 aliphatic heterocycles. The van der Waals surface area contributed by atoms with Gasteiger partial charge in [-0.3, -0.25) is 9.48 Å². The van der Waals surface area contributed by atoms with Crippen LogP contribution in [0.4, 0.5) is 5.69 Å². The number of aromatic nitrogens is 4. The number of benzene rings is 1. The Morgan fingerprint density at radius 2 is 1.97 bits per heavy atom. The second kappa shape index (κ2) is 7.05. The van der Waals surface area contributed by atoms with Crippen LogP contribution in [0, 0.1) is 20.8 Å². The number of rotatable bonds is 4. The number of amides is 1. The van der Waals surface area contributed by atoms with E-state index >= 15 is 0 Å². The fourth-order valence-electron chi connectivity index (χ4n) is 3.40. The standard InChI is InChI=1S/C21H21N5O3/c1-11-18-16(21(27)23-19-12(2)25-29-13(19)3)10-17(22-20(18)26(4)24-11)14-7-6-8-15(9-14)28-5/h6-10H,1-5H3,(H,23,27). The van der Waals surface area contributed by atoms with Gasteiger partial charge in [0.15, 0.2) is 11.4 Å². The molecule has 8 heteroatoms. The van der Waals surface area contributed by atoms with Crippen LogP contribution >= 0.6 is 0 Å². The molecule has 0 saturated carbocycles. The molecule has 0 unspecified atom stereocenters. The first-order valence-electron chi connectivity index (χ1n) is 9.12. The van der Waals surface area contributed by atoms with E-state index in [2.05, 4.69) is 15.6 Å². The first-order valence-corrected chi connectivity index (χ1v) is 9.12. The number of ether oxygens (including phenoxy) is 1. The number of anilines is 1. The summed E-state index contributed by atoms with van der Waals surface area (Å²) in [6, 6.07) is 9.34. The van der Waals surface area contributed by atoms with Gasteiger partial charge in [-0.05, 0) is 39.0 Å². The lowest BCUT2D eigenvalue weighted by atomic mass is 10.0. The zero-order chi connectivity index (χ0) is 20.7. The van der Waals surface area contributed by atoms with Crippen molar-refractivity contribution in [3.63, 3.8) is 0 Å². The highest BCUT2D eigenvalue weighted by Crippen LogP contribution is 2.29. The SMILES string of the molecule is COc1cccc(-c2cc(C(=O)Nc3c(C)noc3C)c3c(C)nn(C)c3n2)c1. The topological polar surface area (TPSA) is 95.1 Å². The lowest BCUT2D eigenvalue weighted by Crippen LogP contribution is -2.14. The third kappa shape index (κ3) is 3.22. The van der Waals surface area contributed by atoms with Crippen LogP contribution in [0.3, 0.4) is 0 Å². The Labute approximate surface area is 167 Å². The highest BCUT2D eigenvalue weighted by atomic mass is 16.5. The molecular weight excluding hydrogens is 370 g/mol. The molecule has 4 rings (SSSR count). The van der Waals surface area contributed by atoms with Gasteiger partial charge in [-0.2, -0.15) is 5.10 Å². The molecular formula is C21H21N5O3. The van der Waals surface area contributed by atoms with E-state index in [0.29, 0.717) is 45.2 Å². The van der Waals surface area contributed by atoms with E-state index in [1.807, 2.05) is 38.2 Å².